The highest BCUT2D eigenvalue weighted by Gasteiger charge is 2.32. The summed E-state index contributed by atoms with van der Waals surface area (Å²) >= 11 is 3.30. The van der Waals surface area contributed by atoms with Gasteiger partial charge in [0, 0.05) is 17.6 Å². The largest absolute Gasteiger partial charge is 0.506 e. The van der Waals surface area contributed by atoms with Crippen LogP contribution in [0.5, 0.6) is 5.75 Å². The van der Waals surface area contributed by atoms with Gasteiger partial charge >= 0.3 is 0 Å². The molecule has 3 N–H and O–H groups in total. The zero-order chi connectivity index (χ0) is 12.3. The molecule has 94 valence electrons. The van der Waals surface area contributed by atoms with Crippen molar-refractivity contribution in [3.05, 3.63) is 28.2 Å². The summed E-state index contributed by atoms with van der Waals surface area (Å²) in [6.07, 6.45) is 4.35. The van der Waals surface area contributed by atoms with E-state index < -0.39 is 0 Å². The Bertz CT molecular complexity index is 389. The zero-order valence-corrected chi connectivity index (χ0v) is 11.3. The Kier molecular flexibility index (Phi) is 4.07. The summed E-state index contributed by atoms with van der Waals surface area (Å²) in [5.74, 6) is 0.283. The summed E-state index contributed by atoms with van der Waals surface area (Å²) in [5.41, 5.74) is 0.716. The lowest BCUT2D eigenvalue weighted by molar-refractivity contribution is 0.162. The maximum absolute atomic E-state index is 9.88. The summed E-state index contributed by atoms with van der Waals surface area (Å²) in [7, 11) is 0. The van der Waals surface area contributed by atoms with Crippen molar-refractivity contribution in [2.24, 2.45) is 0 Å². The van der Waals surface area contributed by atoms with Crippen LogP contribution in [-0.2, 0) is 6.54 Å². The van der Waals surface area contributed by atoms with Crippen molar-refractivity contribution >= 4 is 15.9 Å². The van der Waals surface area contributed by atoms with E-state index in [0.29, 0.717) is 11.0 Å². The van der Waals surface area contributed by atoms with Gasteiger partial charge in [-0.15, -0.1) is 0 Å². The number of aliphatic hydroxyl groups is 1. The van der Waals surface area contributed by atoms with Crippen LogP contribution in [0.25, 0.3) is 0 Å². The van der Waals surface area contributed by atoms with Gasteiger partial charge in [-0.2, -0.15) is 0 Å². The summed E-state index contributed by atoms with van der Waals surface area (Å²) in [6, 6.07) is 5.62. The molecule has 0 unspecified atom stereocenters. The van der Waals surface area contributed by atoms with Crippen molar-refractivity contribution in [1.82, 2.24) is 5.32 Å². The molecule has 0 heterocycles. The fourth-order valence-electron chi connectivity index (χ4n) is 2.43. The minimum atomic E-state index is -0.144. The van der Waals surface area contributed by atoms with Gasteiger partial charge in [0.05, 0.1) is 11.1 Å². The number of hydrogen-bond acceptors (Lipinski definition) is 3. The molecule has 0 bridgehead atoms. The van der Waals surface area contributed by atoms with Gasteiger partial charge in [-0.25, -0.2) is 0 Å². The maximum atomic E-state index is 9.88. The molecule has 0 aliphatic heterocycles. The molecule has 1 aromatic carbocycles. The molecular formula is C13H18BrNO2. The second kappa shape index (κ2) is 5.38. The number of halogens is 1. The van der Waals surface area contributed by atoms with Crippen LogP contribution in [0.4, 0.5) is 0 Å². The van der Waals surface area contributed by atoms with E-state index in [4.69, 9.17) is 0 Å². The number of para-hydroxylation sites is 1. The van der Waals surface area contributed by atoms with E-state index in [1.165, 1.54) is 0 Å². The first-order valence-corrected chi connectivity index (χ1v) is 6.78. The highest BCUT2D eigenvalue weighted by molar-refractivity contribution is 9.10. The predicted molar refractivity (Wildman–Crippen MR) is 70.9 cm³/mol. The molecule has 17 heavy (non-hydrogen) atoms. The van der Waals surface area contributed by atoms with Crippen molar-refractivity contribution in [3.63, 3.8) is 0 Å². The lowest BCUT2D eigenvalue weighted by Gasteiger charge is -2.28. The number of nitrogens with one attached hydrogen (secondary N) is 1. The fourth-order valence-corrected chi connectivity index (χ4v) is 2.84. The first-order valence-electron chi connectivity index (χ1n) is 5.99. The molecule has 1 fully saturated rings. The van der Waals surface area contributed by atoms with E-state index in [2.05, 4.69) is 21.2 Å². The van der Waals surface area contributed by atoms with Gasteiger partial charge in [0.2, 0.25) is 0 Å². The first-order chi connectivity index (χ1) is 8.17. The summed E-state index contributed by atoms with van der Waals surface area (Å²) in [4.78, 5) is 0. The average molecular weight is 300 g/mol. The van der Waals surface area contributed by atoms with Crippen LogP contribution in [0.15, 0.2) is 22.7 Å². The van der Waals surface area contributed by atoms with Crippen molar-refractivity contribution in [3.8, 4) is 5.75 Å². The molecule has 0 saturated heterocycles. The second-order valence-corrected chi connectivity index (χ2v) is 5.60. The van der Waals surface area contributed by atoms with Gasteiger partial charge in [0.15, 0.2) is 0 Å². The molecule has 1 aliphatic carbocycles. The number of benzene rings is 1. The monoisotopic (exact) mass is 299 g/mol. The lowest BCUT2D eigenvalue weighted by atomic mass is 9.98. The highest BCUT2D eigenvalue weighted by Crippen LogP contribution is 2.31. The molecule has 0 aromatic heterocycles. The van der Waals surface area contributed by atoms with E-state index in [1.54, 1.807) is 0 Å². The molecule has 3 nitrogen and oxygen atoms in total. The van der Waals surface area contributed by atoms with Crippen molar-refractivity contribution < 1.29 is 10.2 Å². The molecule has 1 aliphatic rings. The molecule has 0 amide bonds. The molecule has 1 aromatic rings. The molecule has 1 saturated carbocycles. The summed E-state index contributed by atoms with van der Waals surface area (Å²) in [5, 5.41) is 22.8. The van der Waals surface area contributed by atoms with Crippen LogP contribution in [0.3, 0.4) is 0 Å². The van der Waals surface area contributed by atoms with Gasteiger partial charge in [-0.1, -0.05) is 25.0 Å². The molecule has 0 radical (unpaired) electrons. The van der Waals surface area contributed by atoms with E-state index >= 15 is 0 Å². The minimum Gasteiger partial charge on any atom is -0.506 e. The Balaban J connectivity index is 2.04. The lowest BCUT2D eigenvalue weighted by Crippen LogP contribution is -2.45. The van der Waals surface area contributed by atoms with Crippen molar-refractivity contribution in [2.45, 2.75) is 37.8 Å². The minimum absolute atomic E-state index is 0.144. The van der Waals surface area contributed by atoms with Gasteiger partial charge in [-0.05, 0) is 34.8 Å². The van der Waals surface area contributed by atoms with Crippen LogP contribution < -0.4 is 5.32 Å². The first kappa shape index (κ1) is 12.9. The summed E-state index contributed by atoms with van der Waals surface area (Å²) < 4.78 is 0.710. The zero-order valence-electron chi connectivity index (χ0n) is 9.75. The standard InChI is InChI=1S/C13H18BrNO2/c14-11-5-3-4-10(12(11)17)8-15-13(9-16)6-1-2-7-13/h3-5,15-17H,1-2,6-9H2. The van der Waals surface area contributed by atoms with Gasteiger partial charge in [-0.3, -0.25) is 0 Å². The quantitative estimate of drug-likeness (QED) is 0.801. The Hall–Kier alpha value is -0.580. The van der Waals surface area contributed by atoms with E-state index in [9.17, 15) is 10.2 Å². The van der Waals surface area contributed by atoms with E-state index in [-0.39, 0.29) is 17.9 Å². The summed E-state index contributed by atoms with van der Waals surface area (Å²) in [6.45, 7) is 0.758. The Morgan fingerprint density at radius 1 is 1.29 bits per heavy atom. The van der Waals surface area contributed by atoms with Crippen LogP contribution in [0.1, 0.15) is 31.2 Å². The normalized spacial score (nSPS) is 18.5. The van der Waals surface area contributed by atoms with Gasteiger partial charge < -0.3 is 15.5 Å². The van der Waals surface area contributed by atoms with Crippen LogP contribution in [0.2, 0.25) is 0 Å². The Morgan fingerprint density at radius 3 is 2.65 bits per heavy atom. The number of aliphatic hydroxyl groups excluding tert-OH is 1. The molecular weight excluding hydrogens is 282 g/mol. The van der Waals surface area contributed by atoms with Crippen molar-refractivity contribution in [2.75, 3.05) is 6.61 Å². The number of aromatic hydroxyl groups is 1. The maximum Gasteiger partial charge on any atom is 0.134 e. The fraction of sp³-hybridized carbons (Fsp3) is 0.538. The van der Waals surface area contributed by atoms with Crippen LogP contribution in [-0.4, -0.2) is 22.4 Å². The predicted octanol–water partition coefficient (Wildman–Crippen LogP) is 2.55. The molecule has 0 atom stereocenters. The van der Waals surface area contributed by atoms with Gasteiger partial charge in [0.1, 0.15) is 5.75 Å². The Labute approximate surface area is 110 Å². The molecule has 2 rings (SSSR count). The van der Waals surface area contributed by atoms with Crippen molar-refractivity contribution in [1.29, 1.82) is 0 Å². The second-order valence-electron chi connectivity index (χ2n) is 4.75. The molecule has 0 spiro atoms. The third-order valence-corrected chi connectivity index (χ3v) is 4.23. The average Bonchev–Trinajstić information content (AvgIpc) is 2.81. The molecule has 4 heteroatoms. The number of phenolic OH excluding ortho intramolecular Hbond substituents is 1. The SMILES string of the molecule is OCC1(NCc2cccc(Br)c2O)CCCC1. The third kappa shape index (κ3) is 2.81. The third-order valence-electron chi connectivity index (χ3n) is 3.59. The topological polar surface area (TPSA) is 52.5 Å². The van der Waals surface area contributed by atoms with Crippen LogP contribution in [0, 0.1) is 0 Å². The van der Waals surface area contributed by atoms with E-state index in [1.807, 2.05) is 18.2 Å². The highest BCUT2D eigenvalue weighted by atomic mass is 79.9. The number of hydrogen-bond donors (Lipinski definition) is 3. The van der Waals surface area contributed by atoms with Gasteiger partial charge in [0.25, 0.3) is 0 Å². The number of phenols is 1. The number of rotatable bonds is 4. The van der Waals surface area contributed by atoms with E-state index in [0.717, 1.165) is 31.2 Å². The Morgan fingerprint density at radius 2 is 2.00 bits per heavy atom. The smallest absolute Gasteiger partial charge is 0.134 e. The van der Waals surface area contributed by atoms with Crippen LogP contribution >= 0.6 is 15.9 Å².